The lowest BCUT2D eigenvalue weighted by Crippen LogP contribution is -2.59. The molecule has 1 aromatic heterocycles. The van der Waals surface area contributed by atoms with E-state index >= 15 is 0 Å². The summed E-state index contributed by atoms with van der Waals surface area (Å²) in [5, 5.41) is -7.78. The van der Waals surface area contributed by atoms with Crippen LogP contribution in [0.5, 0.6) is 5.75 Å². The van der Waals surface area contributed by atoms with Crippen LogP contribution in [0.15, 0.2) is 40.8 Å². The van der Waals surface area contributed by atoms with E-state index in [1.807, 2.05) is 0 Å². The lowest BCUT2D eigenvalue weighted by molar-refractivity contribution is -0.238. The molecule has 2 aromatic carbocycles. The van der Waals surface area contributed by atoms with Gasteiger partial charge in [0.1, 0.15) is 29.0 Å². The number of hydrogen-bond donors (Lipinski definition) is 0. The Bertz CT molecular complexity index is 1070. The maximum atomic E-state index is 14.3. The molecule has 12 heteroatoms. The Kier molecular flexibility index (Phi) is 5.79. The normalized spacial score (nSPS) is 15.7. The molecule has 0 radical (unpaired) electrons. The first-order valence-corrected chi connectivity index (χ1v) is 10.1. The van der Waals surface area contributed by atoms with E-state index in [-0.39, 0.29) is 28.7 Å². The van der Waals surface area contributed by atoms with Gasteiger partial charge in [-0.25, -0.2) is 8.78 Å². The van der Waals surface area contributed by atoms with E-state index in [2.05, 4.69) is 0 Å². The van der Waals surface area contributed by atoms with E-state index in [1.165, 1.54) is 24.3 Å². The zero-order valence-corrected chi connectivity index (χ0v) is 18.4. The number of furan rings is 1. The lowest BCUT2D eigenvalue weighted by Gasteiger charge is -2.39. The molecule has 158 valence electrons. The van der Waals surface area contributed by atoms with Crippen LogP contribution in [-0.2, 0) is 0 Å². The van der Waals surface area contributed by atoms with Crippen molar-refractivity contribution in [3.8, 4) is 5.75 Å². The van der Waals surface area contributed by atoms with E-state index in [0.29, 0.717) is 11.0 Å². The zero-order valence-electron chi connectivity index (χ0n) is 14.5. The van der Waals surface area contributed by atoms with Crippen LogP contribution in [0.25, 0.3) is 21.9 Å². The Morgan fingerprint density at radius 3 is 2.07 bits per heavy atom. The van der Waals surface area contributed by atoms with Crippen LogP contribution in [0, 0.1) is 0 Å². The minimum absolute atomic E-state index is 0.0472. The van der Waals surface area contributed by atoms with Crippen molar-refractivity contribution >= 4 is 64.1 Å². The van der Waals surface area contributed by atoms with Crippen molar-refractivity contribution in [2.75, 3.05) is 0 Å². The molecule has 0 saturated carbocycles. The number of fused-ring (bicyclic) bond motifs is 3. The van der Waals surface area contributed by atoms with E-state index < -0.39 is 34.0 Å². The summed E-state index contributed by atoms with van der Waals surface area (Å²) in [6.45, 7) is 0.0472. The predicted octanol–water partition coefficient (Wildman–Crippen LogP) is 7.60. The summed E-state index contributed by atoms with van der Waals surface area (Å²) in [4.78, 5) is 0. The second-order valence-corrected chi connectivity index (χ2v) is 9.97. The van der Waals surface area contributed by atoms with Crippen molar-refractivity contribution in [3.63, 3.8) is 0 Å². The second-order valence-electron chi connectivity index (χ2n) is 6.37. The molecule has 0 aliphatic heterocycles. The van der Waals surface area contributed by atoms with Gasteiger partial charge >= 0.3 is 11.2 Å². The molecule has 0 fully saturated rings. The van der Waals surface area contributed by atoms with Crippen molar-refractivity contribution in [3.05, 3.63) is 41.4 Å². The molecule has 3 rings (SSSR count). The summed E-state index contributed by atoms with van der Waals surface area (Å²) in [6.07, 6.45) is 0. The van der Waals surface area contributed by atoms with Crippen LogP contribution in [0.4, 0.5) is 26.3 Å². The Hall–Kier alpha value is -0.880. The average molecular weight is 493 g/mol. The highest BCUT2D eigenvalue weighted by molar-refractivity contribution is 7.96. The summed E-state index contributed by atoms with van der Waals surface area (Å²) >= 11 is 5.16. The molecule has 1 heterocycles. The molecule has 2 nitrogen and oxygen atoms in total. The summed E-state index contributed by atoms with van der Waals surface area (Å²) in [6, 6.07) is 8.85. The van der Waals surface area contributed by atoms with Gasteiger partial charge in [0, 0.05) is 0 Å². The molecule has 0 saturated heterocycles. The SMILES string of the molecule is CC(F)(C(F)(P)P)C(F)(F)C(F)(F)SOc1cccc2oc3cccc(Cl)c3c12. The maximum absolute atomic E-state index is 14.3. The molecule has 0 bridgehead atoms. The first kappa shape index (κ1) is 22.8. The van der Waals surface area contributed by atoms with Crippen LogP contribution >= 0.6 is 42.1 Å². The van der Waals surface area contributed by atoms with E-state index in [1.54, 1.807) is 12.1 Å². The molecule has 0 spiro atoms. The van der Waals surface area contributed by atoms with Crippen molar-refractivity contribution < 1.29 is 34.9 Å². The van der Waals surface area contributed by atoms with Crippen molar-refractivity contribution in [1.29, 1.82) is 0 Å². The van der Waals surface area contributed by atoms with Gasteiger partial charge < -0.3 is 8.60 Å². The number of benzene rings is 2. The lowest BCUT2D eigenvalue weighted by atomic mass is 10.0. The molecule has 0 aliphatic rings. The third-order valence-electron chi connectivity index (χ3n) is 4.34. The van der Waals surface area contributed by atoms with Gasteiger partial charge in [-0.1, -0.05) is 42.2 Å². The molecular weight excluding hydrogens is 480 g/mol. The standard InChI is InChI=1S/C17H13ClF6O2P2S/c1-14(19,17(24,27)28)15(20,21)16(22,23)29-26-11-7-3-6-10-13(11)12-8(18)4-2-5-9(12)25-10/h2-7H,27-28H2,1H3. The Morgan fingerprint density at radius 2 is 1.48 bits per heavy atom. The number of alkyl halides is 6. The minimum atomic E-state index is -5.42. The average Bonchev–Trinajstić information content (AvgIpc) is 2.99. The fourth-order valence-electron chi connectivity index (χ4n) is 2.53. The van der Waals surface area contributed by atoms with Crippen molar-refractivity contribution in [1.82, 2.24) is 0 Å². The molecule has 0 N–H and O–H groups in total. The smallest absolute Gasteiger partial charge is 0.394 e. The van der Waals surface area contributed by atoms with Crippen molar-refractivity contribution in [2.45, 2.75) is 28.9 Å². The molecule has 3 atom stereocenters. The van der Waals surface area contributed by atoms with Crippen molar-refractivity contribution in [2.24, 2.45) is 0 Å². The third-order valence-corrected chi connectivity index (χ3v) is 6.47. The van der Waals surface area contributed by atoms with Gasteiger partial charge in [0.15, 0.2) is 5.15 Å². The highest BCUT2D eigenvalue weighted by Gasteiger charge is 2.74. The van der Waals surface area contributed by atoms with Crippen LogP contribution < -0.4 is 4.18 Å². The predicted molar refractivity (Wildman–Crippen MR) is 110 cm³/mol. The zero-order chi connectivity index (χ0) is 21.8. The van der Waals surface area contributed by atoms with Gasteiger partial charge in [-0.05, 0) is 31.2 Å². The third kappa shape index (κ3) is 3.69. The van der Waals surface area contributed by atoms with Crippen LogP contribution in [-0.4, -0.2) is 22.0 Å². The van der Waals surface area contributed by atoms with Gasteiger partial charge in [-0.2, -0.15) is 17.6 Å². The molecule has 3 aromatic rings. The maximum Gasteiger partial charge on any atom is 0.394 e. The summed E-state index contributed by atoms with van der Waals surface area (Å²) in [5.41, 5.74) is -3.70. The fourth-order valence-corrected chi connectivity index (χ4v) is 3.78. The molecule has 3 unspecified atom stereocenters. The van der Waals surface area contributed by atoms with Gasteiger partial charge in [0.05, 0.1) is 15.8 Å². The fraction of sp³-hybridized carbons (Fsp3) is 0.294. The number of hydrogen-bond acceptors (Lipinski definition) is 3. The Balaban J connectivity index is 1.99. The first-order chi connectivity index (χ1) is 13.2. The molecule has 0 aliphatic carbocycles. The number of rotatable bonds is 6. The first-order valence-electron chi connectivity index (χ1n) is 7.87. The van der Waals surface area contributed by atoms with E-state index in [4.69, 9.17) is 20.2 Å². The van der Waals surface area contributed by atoms with Gasteiger partial charge in [-0.3, -0.25) is 0 Å². The van der Waals surface area contributed by atoms with E-state index in [9.17, 15) is 26.3 Å². The number of halogens is 7. The van der Waals surface area contributed by atoms with Gasteiger partial charge in [0.25, 0.3) is 0 Å². The second kappa shape index (κ2) is 7.37. The highest BCUT2D eigenvalue weighted by Crippen LogP contribution is 2.58. The highest BCUT2D eigenvalue weighted by atomic mass is 35.5. The quantitative estimate of drug-likeness (QED) is 0.201. The molecule has 0 amide bonds. The monoisotopic (exact) mass is 492 g/mol. The van der Waals surface area contributed by atoms with Gasteiger partial charge in [0.2, 0.25) is 5.67 Å². The Labute approximate surface area is 175 Å². The minimum Gasteiger partial charge on any atom is -0.456 e. The summed E-state index contributed by atoms with van der Waals surface area (Å²) in [5.74, 6) is -5.67. The molecular formula is C17H13ClF6O2P2S. The Morgan fingerprint density at radius 1 is 0.931 bits per heavy atom. The summed E-state index contributed by atoms with van der Waals surface area (Å²) in [7, 11) is 2.26. The topological polar surface area (TPSA) is 22.4 Å². The van der Waals surface area contributed by atoms with Crippen LogP contribution in [0.1, 0.15) is 6.92 Å². The van der Waals surface area contributed by atoms with Gasteiger partial charge in [-0.15, -0.1) is 0 Å². The largest absolute Gasteiger partial charge is 0.456 e. The molecule has 29 heavy (non-hydrogen) atoms. The van der Waals surface area contributed by atoms with Crippen LogP contribution in [0.2, 0.25) is 5.02 Å². The van der Waals surface area contributed by atoms with E-state index in [0.717, 1.165) is 18.5 Å². The van der Waals surface area contributed by atoms with Crippen LogP contribution in [0.3, 0.4) is 0 Å². The summed E-state index contributed by atoms with van der Waals surface area (Å²) < 4.78 is 95.5.